The Labute approximate surface area is 102 Å². The smallest absolute Gasteiger partial charge is 0.0967 e. The first kappa shape index (κ1) is 11.2. The van der Waals surface area contributed by atoms with E-state index in [1.165, 1.54) is 12.8 Å². The van der Waals surface area contributed by atoms with E-state index in [4.69, 9.17) is 0 Å². The number of hydrogen-bond acceptors (Lipinski definition) is 4. The van der Waals surface area contributed by atoms with Gasteiger partial charge in [0.05, 0.1) is 5.69 Å². The molecule has 2 atom stereocenters. The maximum Gasteiger partial charge on any atom is 0.0967 e. The van der Waals surface area contributed by atoms with Gasteiger partial charge < -0.3 is 5.32 Å². The van der Waals surface area contributed by atoms with Crippen molar-refractivity contribution in [2.45, 2.75) is 38.4 Å². The fourth-order valence-corrected chi connectivity index (χ4v) is 2.66. The van der Waals surface area contributed by atoms with Crippen molar-refractivity contribution in [1.82, 2.24) is 25.2 Å². The summed E-state index contributed by atoms with van der Waals surface area (Å²) in [6, 6.07) is 1.29. The average Bonchev–Trinajstić information content (AvgIpc) is 3.07. The summed E-state index contributed by atoms with van der Waals surface area (Å²) in [5.41, 5.74) is 1.08. The summed E-state index contributed by atoms with van der Waals surface area (Å²) >= 11 is 0. The van der Waals surface area contributed by atoms with Crippen LogP contribution in [0.1, 0.15) is 25.5 Å². The van der Waals surface area contributed by atoms with Gasteiger partial charge in [-0.15, -0.1) is 5.10 Å². The fourth-order valence-electron chi connectivity index (χ4n) is 2.66. The Kier molecular flexibility index (Phi) is 2.88. The highest BCUT2D eigenvalue weighted by molar-refractivity contribution is 4.97. The van der Waals surface area contributed by atoms with Crippen molar-refractivity contribution in [2.24, 2.45) is 13.0 Å². The van der Waals surface area contributed by atoms with Gasteiger partial charge in [-0.2, -0.15) is 0 Å². The van der Waals surface area contributed by atoms with Crippen LogP contribution in [-0.2, 0) is 13.6 Å². The Morgan fingerprint density at radius 2 is 2.29 bits per heavy atom. The topological polar surface area (TPSA) is 46.0 Å². The highest BCUT2D eigenvalue weighted by atomic mass is 15.4. The Bertz CT molecular complexity index is 384. The minimum absolute atomic E-state index is 0.590. The molecule has 1 aromatic heterocycles. The van der Waals surface area contributed by atoms with E-state index in [1.54, 1.807) is 4.68 Å². The summed E-state index contributed by atoms with van der Waals surface area (Å²) in [5.74, 6) is 0.923. The summed E-state index contributed by atoms with van der Waals surface area (Å²) in [4.78, 5) is 2.53. The van der Waals surface area contributed by atoms with Crippen LogP contribution in [0, 0.1) is 5.92 Å². The van der Waals surface area contributed by atoms with Gasteiger partial charge in [0.25, 0.3) is 0 Å². The predicted molar refractivity (Wildman–Crippen MR) is 65.4 cm³/mol. The van der Waals surface area contributed by atoms with Crippen LogP contribution in [0.25, 0.3) is 0 Å². The van der Waals surface area contributed by atoms with Gasteiger partial charge in [0.1, 0.15) is 0 Å². The third-order valence-electron chi connectivity index (χ3n) is 3.94. The highest BCUT2D eigenvalue weighted by Crippen LogP contribution is 2.34. The lowest BCUT2D eigenvalue weighted by molar-refractivity contribution is 0.124. The van der Waals surface area contributed by atoms with E-state index in [1.807, 2.05) is 13.2 Å². The van der Waals surface area contributed by atoms with Crippen LogP contribution in [0.3, 0.4) is 0 Å². The lowest BCUT2D eigenvalue weighted by atomic mass is 10.1. The normalized spacial score (nSPS) is 30.7. The maximum absolute atomic E-state index is 4.18. The third-order valence-corrected chi connectivity index (χ3v) is 3.94. The van der Waals surface area contributed by atoms with Crippen LogP contribution in [0.4, 0.5) is 0 Å². The molecule has 0 radical (unpaired) electrons. The van der Waals surface area contributed by atoms with Gasteiger partial charge >= 0.3 is 0 Å². The zero-order valence-corrected chi connectivity index (χ0v) is 10.6. The Morgan fingerprint density at radius 1 is 1.47 bits per heavy atom. The van der Waals surface area contributed by atoms with Crippen molar-refractivity contribution in [3.8, 4) is 0 Å². The van der Waals surface area contributed by atoms with Crippen molar-refractivity contribution in [2.75, 3.05) is 13.1 Å². The molecule has 17 heavy (non-hydrogen) atoms. The summed E-state index contributed by atoms with van der Waals surface area (Å²) in [5, 5.41) is 11.8. The zero-order valence-electron chi connectivity index (χ0n) is 10.6. The van der Waals surface area contributed by atoms with E-state index < -0.39 is 0 Å². The van der Waals surface area contributed by atoms with Gasteiger partial charge in [-0.1, -0.05) is 5.21 Å². The molecule has 1 aromatic rings. The molecule has 1 N–H and O–H groups in total. The van der Waals surface area contributed by atoms with Crippen molar-refractivity contribution >= 4 is 0 Å². The summed E-state index contributed by atoms with van der Waals surface area (Å²) < 4.78 is 1.78. The molecule has 0 spiro atoms. The molecule has 0 aromatic carbocycles. The lowest BCUT2D eigenvalue weighted by Crippen LogP contribution is -2.55. The van der Waals surface area contributed by atoms with Gasteiger partial charge in [-0.3, -0.25) is 9.58 Å². The largest absolute Gasteiger partial charge is 0.311 e. The summed E-state index contributed by atoms with van der Waals surface area (Å²) in [6.45, 7) is 5.47. The predicted octanol–water partition coefficient (Wildman–Crippen LogP) is 0.387. The SMILES string of the molecule is CC1CNC(C2CC2)CN1Cc1cn(C)nn1. The van der Waals surface area contributed by atoms with E-state index >= 15 is 0 Å². The molecule has 1 saturated heterocycles. The van der Waals surface area contributed by atoms with Crippen molar-refractivity contribution in [3.63, 3.8) is 0 Å². The van der Waals surface area contributed by atoms with Gasteiger partial charge in [0.15, 0.2) is 0 Å². The van der Waals surface area contributed by atoms with E-state index in [0.29, 0.717) is 12.1 Å². The molecule has 2 unspecified atom stereocenters. The molecule has 3 rings (SSSR count). The van der Waals surface area contributed by atoms with E-state index in [9.17, 15) is 0 Å². The van der Waals surface area contributed by atoms with Gasteiger partial charge in [-0.05, 0) is 25.7 Å². The van der Waals surface area contributed by atoms with Crippen LogP contribution in [-0.4, -0.2) is 45.1 Å². The molecule has 94 valence electrons. The van der Waals surface area contributed by atoms with Crippen molar-refractivity contribution < 1.29 is 0 Å². The second-order valence-corrected chi connectivity index (χ2v) is 5.51. The molecule has 5 nitrogen and oxygen atoms in total. The van der Waals surface area contributed by atoms with Crippen LogP contribution >= 0.6 is 0 Å². The molecule has 2 heterocycles. The first-order valence-electron chi connectivity index (χ1n) is 6.55. The number of rotatable bonds is 3. The quantitative estimate of drug-likeness (QED) is 0.823. The van der Waals surface area contributed by atoms with Crippen molar-refractivity contribution in [3.05, 3.63) is 11.9 Å². The number of hydrogen-bond donors (Lipinski definition) is 1. The summed E-state index contributed by atoms with van der Waals surface area (Å²) in [7, 11) is 1.92. The molecular formula is C12H21N5. The minimum Gasteiger partial charge on any atom is -0.311 e. The first-order valence-corrected chi connectivity index (χ1v) is 6.55. The minimum atomic E-state index is 0.590. The maximum atomic E-state index is 4.18. The number of aromatic nitrogens is 3. The first-order chi connectivity index (χ1) is 8.22. The summed E-state index contributed by atoms with van der Waals surface area (Å²) in [6.07, 6.45) is 4.83. The van der Waals surface area contributed by atoms with Crippen LogP contribution in [0.2, 0.25) is 0 Å². The van der Waals surface area contributed by atoms with Gasteiger partial charge in [-0.25, -0.2) is 0 Å². The Hall–Kier alpha value is -0.940. The highest BCUT2D eigenvalue weighted by Gasteiger charge is 2.36. The second kappa shape index (κ2) is 4.38. The second-order valence-electron chi connectivity index (χ2n) is 5.51. The number of aryl methyl sites for hydroxylation is 1. The lowest BCUT2D eigenvalue weighted by Gasteiger charge is -2.38. The standard InChI is InChI=1S/C12H21N5/c1-9-5-13-12(10-3-4-10)8-17(9)7-11-6-16(2)15-14-11/h6,9-10,12-13H,3-5,7-8H2,1-2H3. The molecule has 1 saturated carbocycles. The van der Waals surface area contributed by atoms with E-state index in [0.717, 1.165) is 31.2 Å². The third kappa shape index (κ3) is 2.50. The number of nitrogens with zero attached hydrogens (tertiary/aromatic N) is 4. The number of nitrogens with one attached hydrogen (secondary N) is 1. The molecule has 2 fully saturated rings. The van der Waals surface area contributed by atoms with Crippen LogP contribution in [0.5, 0.6) is 0 Å². The van der Waals surface area contributed by atoms with Gasteiger partial charge in [0, 0.05) is 45.0 Å². The molecule has 0 bridgehead atoms. The van der Waals surface area contributed by atoms with Gasteiger partial charge in [0.2, 0.25) is 0 Å². The fraction of sp³-hybridized carbons (Fsp3) is 0.833. The van der Waals surface area contributed by atoms with E-state index in [2.05, 4.69) is 27.5 Å². The monoisotopic (exact) mass is 235 g/mol. The van der Waals surface area contributed by atoms with Crippen molar-refractivity contribution in [1.29, 1.82) is 0 Å². The molecule has 1 aliphatic heterocycles. The van der Waals surface area contributed by atoms with E-state index in [-0.39, 0.29) is 0 Å². The molecular weight excluding hydrogens is 214 g/mol. The average molecular weight is 235 g/mol. The number of piperazine rings is 1. The Balaban J connectivity index is 1.63. The molecule has 5 heteroatoms. The Morgan fingerprint density at radius 3 is 2.94 bits per heavy atom. The molecule has 0 amide bonds. The zero-order chi connectivity index (χ0) is 11.8. The van der Waals surface area contributed by atoms with Crippen LogP contribution in [0.15, 0.2) is 6.20 Å². The molecule has 2 aliphatic rings. The molecule has 1 aliphatic carbocycles. The van der Waals surface area contributed by atoms with Crippen LogP contribution < -0.4 is 5.32 Å².